The summed E-state index contributed by atoms with van der Waals surface area (Å²) in [6, 6.07) is 0. The minimum atomic E-state index is 1.02. The molecule has 0 spiro atoms. The number of hydrogen-bond donors (Lipinski definition) is 1. The summed E-state index contributed by atoms with van der Waals surface area (Å²) >= 11 is 0. The van der Waals surface area contributed by atoms with Crippen molar-refractivity contribution in [3.8, 4) is 0 Å². The first-order valence-electron chi connectivity index (χ1n) is 6.39. The van der Waals surface area contributed by atoms with Crippen LogP contribution in [-0.4, -0.2) is 32.1 Å². The molecule has 0 aromatic carbocycles. The molecule has 2 nitrogen and oxygen atoms in total. The number of likely N-dealkylation sites (N-methyl/N-ethyl adjacent to an activating group) is 2. The van der Waals surface area contributed by atoms with Gasteiger partial charge in [-0.3, -0.25) is 0 Å². The van der Waals surface area contributed by atoms with Gasteiger partial charge in [0.15, 0.2) is 0 Å². The van der Waals surface area contributed by atoms with Crippen LogP contribution in [-0.2, 0) is 0 Å². The molecule has 0 atom stereocenters. The number of hydrogen-bond acceptors (Lipinski definition) is 2. The standard InChI is InChI=1S/C10H20N2.C3H6.C2H6/c1-5-7-10(6-2)12(4)9-8-11-3;1-3-2;1-2/h5-7,11H,8-9H2,1-4H3;3H,1H2,2H3;1-2H3/b7-5-,10-6+;;. The topological polar surface area (TPSA) is 15.3 Å². The van der Waals surface area contributed by atoms with Gasteiger partial charge in [-0.05, 0) is 33.9 Å². The largest absolute Gasteiger partial charge is 0.374 e. The van der Waals surface area contributed by atoms with Gasteiger partial charge in [0.1, 0.15) is 0 Å². The van der Waals surface area contributed by atoms with Gasteiger partial charge in [-0.15, -0.1) is 6.58 Å². The minimum Gasteiger partial charge on any atom is -0.374 e. The average Bonchev–Trinajstić information content (AvgIpc) is 2.36. The Morgan fingerprint density at radius 1 is 1.24 bits per heavy atom. The van der Waals surface area contributed by atoms with E-state index in [4.69, 9.17) is 0 Å². The summed E-state index contributed by atoms with van der Waals surface area (Å²) in [7, 11) is 4.07. The third kappa shape index (κ3) is 17.6. The predicted molar refractivity (Wildman–Crippen MR) is 82.3 cm³/mol. The van der Waals surface area contributed by atoms with E-state index in [9.17, 15) is 0 Å². The molecule has 0 rings (SSSR count). The molecule has 0 aromatic rings. The monoisotopic (exact) mass is 240 g/mol. The average molecular weight is 240 g/mol. The number of nitrogens with one attached hydrogen (secondary N) is 1. The van der Waals surface area contributed by atoms with Crippen molar-refractivity contribution in [1.82, 2.24) is 10.2 Å². The third-order valence-electron chi connectivity index (χ3n) is 1.77. The lowest BCUT2D eigenvalue weighted by molar-refractivity contribution is 0.426. The van der Waals surface area contributed by atoms with Crippen molar-refractivity contribution in [1.29, 1.82) is 0 Å². The maximum absolute atomic E-state index is 3.36. The Labute approximate surface area is 109 Å². The highest BCUT2D eigenvalue weighted by molar-refractivity contribution is 5.15. The van der Waals surface area contributed by atoms with Crippen molar-refractivity contribution < 1.29 is 0 Å². The van der Waals surface area contributed by atoms with Gasteiger partial charge in [0.25, 0.3) is 0 Å². The van der Waals surface area contributed by atoms with E-state index in [1.165, 1.54) is 5.70 Å². The van der Waals surface area contributed by atoms with E-state index in [0.717, 1.165) is 13.1 Å². The summed E-state index contributed by atoms with van der Waals surface area (Å²) < 4.78 is 0. The number of allylic oxidation sites excluding steroid dienone is 4. The van der Waals surface area contributed by atoms with Gasteiger partial charge in [-0.25, -0.2) is 0 Å². The van der Waals surface area contributed by atoms with Gasteiger partial charge in [-0.1, -0.05) is 32.1 Å². The Balaban J connectivity index is -0.000000337. The van der Waals surface area contributed by atoms with Gasteiger partial charge in [0.05, 0.1) is 0 Å². The van der Waals surface area contributed by atoms with Crippen LogP contribution in [0.4, 0.5) is 0 Å². The van der Waals surface area contributed by atoms with E-state index in [1.807, 2.05) is 34.7 Å². The van der Waals surface area contributed by atoms with Crippen LogP contribution in [0.15, 0.2) is 36.6 Å². The summed E-state index contributed by atoms with van der Waals surface area (Å²) in [5.41, 5.74) is 1.27. The second kappa shape index (κ2) is 20.4. The molecule has 102 valence electrons. The quantitative estimate of drug-likeness (QED) is 0.580. The second-order valence-corrected chi connectivity index (χ2v) is 3.15. The zero-order valence-corrected chi connectivity index (χ0v) is 12.9. The Morgan fingerprint density at radius 3 is 2.00 bits per heavy atom. The van der Waals surface area contributed by atoms with Crippen LogP contribution in [0.25, 0.3) is 0 Å². The van der Waals surface area contributed by atoms with Crippen molar-refractivity contribution >= 4 is 0 Å². The van der Waals surface area contributed by atoms with Crippen LogP contribution in [0.1, 0.15) is 34.6 Å². The van der Waals surface area contributed by atoms with Crippen LogP contribution in [0.5, 0.6) is 0 Å². The molecule has 0 bridgehead atoms. The third-order valence-corrected chi connectivity index (χ3v) is 1.77. The van der Waals surface area contributed by atoms with E-state index in [0.29, 0.717) is 0 Å². The fourth-order valence-electron chi connectivity index (χ4n) is 1.02. The molecule has 0 saturated heterocycles. The SMILES string of the molecule is C/C=C\C(=C/C)N(C)CCNC.C=CC.CC. The smallest absolute Gasteiger partial charge is 0.0317 e. The summed E-state index contributed by atoms with van der Waals surface area (Å²) in [6.07, 6.45) is 8.05. The molecule has 17 heavy (non-hydrogen) atoms. The molecule has 0 fully saturated rings. The van der Waals surface area contributed by atoms with Gasteiger partial charge in [0, 0.05) is 25.8 Å². The van der Waals surface area contributed by atoms with Crippen molar-refractivity contribution in [3.05, 3.63) is 36.6 Å². The van der Waals surface area contributed by atoms with E-state index in [2.05, 4.69) is 49.0 Å². The molecule has 0 aliphatic rings. The molecular weight excluding hydrogens is 208 g/mol. The van der Waals surface area contributed by atoms with Crippen molar-refractivity contribution in [2.45, 2.75) is 34.6 Å². The number of nitrogens with zero attached hydrogens (tertiary/aromatic N) is 1. The van der Waals surface area contributed by atoms with Crippen molar-refractivity contribution in [3.63, 3.8) is 0 Å². The lowest BCUT2D eigenvalue weighted by atomic mass is 10.3. The predicted octanol–water partition coefficient (Wildman–Crippen LogP) is 3.84. The van der Waals surface area contributed by atoms with Crippen LogP contribution in [0.2, 0.25) is 0 Å². The summed E-state index contributed by atoms with van der Waals surface area (Å²) in [5, 5.41) is 3.13. The van der Waals surface area contributed by atoms with E-state index in [1.54, 1.807) is 6.08 Å². The fourth-order valence-corrected chi connectivity index (χ4v) is 1.02. The molecule has 0 aliphatic heterocycles. The Bertz CT molecular complexity index is 193. The number of rotatable bonds is 5. The van der Waals surface area contributed by atoms with E-state index >= 15 is 0 Å². The zero-order valence-electron chi connectivity index (χ0n) is 12.9. The van der Waals surface area contributed by atoms with Gasteiger partial charge in [-0.2, -0.15) is 0 Å². The highest BCUT2D eigenvalue weighted by Gasteiger charge is 1.97. The molecule has 0 aliphatic carbocycles. The second-order valence-electron chi connectivity index (χ2n) is 3.15. The zero-order chi connectivity index (χ0) is 14.1. The molecule has 0 radical (unpaired) electrons. The lowest BCUT2D eigenvalue weighted by Gasteiger charge is -2.19. The Morgan fingerprint density at radius 2 is 1.71 bits per heavy atom. The molecule has 0 saturated carbocycles. The van der Waals surface area contributed by atoms with Gasteiger partial charge >= 0.3 is 0 Å². The first-order chi connectivity index (χ1) is 8.17. The lowest BCUT2D eigenvalue weighted by Crippen LogP contribution is -2.26. The molecule has 0 amide bonds. The molecule has 1 N–H and O–H groups in total. The summed E-state index contributed by atoms with van der Waals surface area (Å²) in [5.74, 6) is 0. The first-order valence-corrected chi connectivity index (χ1v) is 6.39. The molecule has 0 heterocycles. The Kier molecular flexibility index (Phi) is 25.5. The summed E-state index contributed by atoms with van der Waals surface area (Å²) in [6.45, 7) is 15.4. The normalized spacial score (nSPS) is 9.94. The van der Waals surface area contributed by atoms with E-state index < -0.39 is 0 Å². The molecule has 2 heteroatoms. The fraction of sp³-hybridized carbons (Fsp3) is 0.600. The van der Waals surface area contributed by atoms with Gasteiger partial charge in [0.2, 0.25) is 0 Å². The van der Waals surface area contributed by atoms with Crippen LogP contribution >= 0.6 is 0 Å². The van der Waals surface area contributed by atoms with Crippen LogP contribution < -0.4 is 5.32 Å². The maximum Gasteiger partial charge on any atom is 0.0317 e. The van der Waals surface area contributed by atoms with Crippen molar-refractivity contribution in [2.75, 3.05) is 27.2 Å². The first kappa shape index (κ1) is 21.3. The van der Waals surface area contributed by atoms with E-state index in [-0.39, 0.29) is 0 Å². The summed E-state index contributed by atoms with van der Waals surface area (Å²) in [4.78, 5) is 2.23. The van der Waals surface area contributed by atoms with Crippen molar-refractivity contribution in [2.24, 2.45) is 0 Å². The van der Waals surface area contributed by atoms with Gasteiger partial charge < -0.3 is 10.2 Å². The van der Waals surface area contributed by atoms with Crippen LogP contribution in [0, 0.1) is 0 Å². The maximum atomic E-state index is 3.36. The highest BCUT2D eigenvalue weighted by atomic mass is 15.1. The highest BCUT2D eigenvalue weighted by Crippen LogP contribution is 2.01. The molecule has 0 aromatic heterocycles. The molecule has 0 unspecified atom stereocenters. The Hall–Kier alpha value is -1.02. The minimum absolute atomic E-state index is 1.02. The molecular formula is C15H32N2. The van der Waals surface area contributed by atoms with Crippen LogP contribution in [0.3, 0.4) is 0 Å².